The number of rotatable bonds is 6. The molecule has 2 aromatic rings. The molecule has 0 aliphatic carbocycles. The maximum atomic E-state index is 12.9. The van der Waals surface area contributed by atoms with Crippen LogP contribution in [0.15, 0.2) is 48.5 Å². The van der Waals surface area contributed by atoms with Gasteiger partial charge in [0.2, 0.25) is 0 Å². The lowest BCUT2D eigenvalue weighted by Gasteiger charge is -2.28. The Morgan fingerprint density at radius 3 is 2.12 bits per heavy atom. The van der Waals surface area contributed by atoms with Crippen molar-refractivity contribution in [3.05, 3.63) is 54.1 Å². The van der Waals surface area contributed by atoms with Crippen LogP contribution in [-0.4, -0.2) is 49.5 Å². The Balaban J connectivity index is 1.36. The molecule has 2 amide bonds. The van der Waals surface area contributed by atoms with Gasteiger partial charge in [-0.1, -0.05) is 25.0 Å². The molecule has 6 heteroatoms. The molecule has 2 aromatic carbocycles. The van der Waals surface area contributed by atoms with E-state index in [-0.39, 0.29) is 18.4 Å². The first kappa shape index (κ1) is 22.2. The number of piperidine rings is 1. The highest BCUT2D eigenvalue weighted by atomic mass is 16.5. The molecule has 1 N–H and O–H groups in total. The van der Waals surface area contributed by atoms with E-state index in [1.807, 2.05) is 23.1 Å². The molecule has 0 saturated carbocycles. The smallest absolute Gasteiger partial charge is 0.260 e. The highest BCUT2D eigenvalue weighted by Gasteiger charge is 2.18. The van der Waals surface area contributed by atoms with Crippen LogP contribution >= 0.6 is 0 Å². The van der Waals surface area contributed by atoms with E-state index in [4.69, 9.17) is 4.74 Å². The Bertz CT molecular complexity index is 899. The molecule has 4 rings (SSSR count). The largest absolute Gasteiger partial charge is 0.483 e. The minimum atomic E-state index is -0.242. The number of anilines is 2. The van der Waals surface area contributed by atoms with Crippen molar-refractivity contribution in [2.45, 2.75) is 44.9 Å². The molecule has 2 aliphatic heterocycles. The zero-order chi connectivity index (χ0) is 22.2. The minimum absolute atomic E-state index is 0.0181. The molecule has 0 unspecified atom stereocenters. The standard InChI is InChI=1S/C26H33N3O3/c30-25(29-18-6-1-2-7-19-29)20-32-24-11-5-4-10-23(24)26(31)27-21-12-14-22(15-13-21)28-16-8-3-9-17-28/h4-5,10-15H,1-3,6-9,16-20H2,(H,27,31). The molecule has 2 heterocycles. The van der Waals surface area contributed by atoms with E-state index in [0.717, 1.165) is 44.7 Å². The second-order valence-corrected chi connectivity index (χ2v) is 8.63. The summed E-state index contributed by atoms with van der Waals surface area (Å²) in [6.07, 6.45) is 8.20. The zero-order valence-electron chi connectivity index (χ0n) is 18.7. The Morgan fingerprint density at radius 1 is 0.781 bits per heavy atom. The molecule has 0 bridgehead atoms. The quantitative estimate of drug-likeness (QED) is 0.714. The number of nitrogens with zero attached hydrogens (tertiary/aromatic N) is 2. The predicted molar refractivity (Wildman–Crippen MR) is 127 cm³/mol. The Kier molecular flexibility index (Phi) is 7.64. The van der Waals surface area contributed by atoms with Gasteiger partial charge in [-0.25, -0.2) is 0 Å². The molecule has 2 saturated heterocycles. The van der Waals surface area contributed by atoms with E-state index < -0.39 is 0 Å². The number of amides is 2. The molecule has 2 fully saturated rings. The van der Waals surface area contributed by atoms with Crippen molar-refractivity contribution in [3.8, 4) is 5.75 Å². The summed E-state index contributed by atoms with van der Waals surface area (Å²) in [6.45, 7) is 3.71. The summed E-state index contributed by atoms with van der Waals surface area (Å²) < 4.78 is 5.79. The van der Waals surface area contributed by atoms with Gasteiger partial charge in [0.1, 0.15) is 5.75 Å². The fourth-order valence-electron chi connectivity index (χ4n) is 4.44. The summed E-state index contributed by atoms with van der Waals surface area (Å²) in [4.78, 5) is 29.7. The van der Waals surface area contributed by atoms with Crippen molar-refractivity contribution >= 4 is 23.2 Å². The third-order valence-electron chi connectivity index (χ3n) is 6.29. The monoisotopic (exact) mass is 435 g/mol. The van der Waals surface area contributed by atoms with Crippen molar-refractivity contribution in [2.75, 3.05) is 43.0 Å². The molecule has 2 aliphatic rings. The predicted octanol–water partition coefficient (Wildman–Crippen LogP) is 4.71. The van der Waals surface area contributed by atoms with E-state index in [1.54, 1.807) is 18.2 Å². The van der Waals surface area contributed by atoms with Gasteiger partial charge in [-0.05, 0) is 68.5 Å². The van der Waals surface area contributed by atoms with Crippen LogP contribution in [0.5, 0.6) is 5.75 Å². The highest BCUT2D eigenvalue weighted by molar-refractivity contribution is 6.06. The van der Waals surface area contributed by atoms with Gasteiger partial charge in [-0.15, -0.1) is 0 Å². The van der Waals surface area contributed by atoms with Gasteiger partial charge in [0.05, 0.1) is 5.56 Å². The summed E-state index contributed by atoms with van der Waals surface area (Å²) in [5.41, 5.74) is 2.36. The minimum Gasteiger partial charge on any atom is -0.483 e. The lowest BCUT2D eigenvalue weighted by Crippen LogP contribution is -2.35. The van der Waals surface area contributed by atoms with Crippen LogP contribution in [0.4, 0.5) is 11.4 Å². The average Bonchev–Trinajstić information content (AvgIpc) is 3.13. The van der Waals surface area contributed by atoms with E-state index >= 15 is 0 Å². The Morgan fingerprint density at radius 2 is 1.41 bits per heavy atom. The lowest BCUT2D eigenvalue weighted by molar-refractivity contribution is -0.133. The summed E-state index contributed by atoms with van der Waals surface area (Å²) in [5.74, 6) is 0.169. The summed E-state index contributed by atoms with van der Waals surface area (Å²) in [6, 6.07) is 15.1. The normalized spacial score (nSPS) is 16.9. The molecule has 0 spiro atoms. The van der Waals surface area contributed by atoms with Crippen molar-refractivity contribution in [2.24, 2.45) is 0 Å². The van der Waals surface area contributed by atoms with Crippen molar-refractivity contribution in [3.63, 3.8) is 0 Å². The van der Waals surface area contributed by atoms with Crippen LogP contribution < -0.4 is 15.0 Å². The van der Waals surface area contributed by atoms with Gasteiger partial charge in [0, 0.05) is 37.6 Å². The highest BCUT2D eigenvalue weighted by Crippen LogP contribution is 2.24. The third-order valence-corrected chi connectivity index (χ3v) is 6.29. The van der Waals surface area contributed by atoms with E-state index in [1.165, 1.54) is 37.8 Å². The number of para-hydroxylation sites is 1. The maximum absolute atomic E-state index is 12.9. The second kappa shape index (κ2) is 11.0. The van der Waals surface area contributed by atoms with Crippen LogP contribution in [-0.2, 0) is 4.79 Å². The van der Waals surface area contributed by atoms with Gasteiger partial charge in [-0.3, -0.25) is 9.59 Å². The average molecular weight is 436 g/mol. The van der Waals surface area contributed by atoms with Crippen LogP contribution in [0.3, 0.4) is 0 Å². The zero-order valence-corrected chi connectivity index (χ0v) is 18.7. The number of ether oxygens (including phenoxy) is 1. The van der Waals surface area contributed by atoms with Crippen LogP contribution in [0.25, 0.3) is 0 Å². The first-order valence-electron chi connectivity index (χ1n) is 11.9. The molecule has 0 atom stereocenters. The van der Waals surface area contributed by atoms with Gasteiger partial charge >= 0.3 is 0 Å². The van der Waals surface area contributed by atoms with Crippen LogP contribution in [0.2, 0.25) is 0 Å². The number of carbonyl (C=O) groups excluding carboxylic acids is 2. The van der Waals surface area contributed by atoms with E-state index in [0.29, 0.717) is 11.3 Å². The molecular formula is C26H33N3O3. The number of hydrogen-bond acceptors (Lipinski definition) is 4. The van der Waals surface area contributed by atoms with Gasteiger partial charge in [-0.2, -0.15) is 0 Å². The number of nitrogens with one attached hydrogen (secondary N) is 1. The second-order valence-electron chi connectivity index (χ2n) is 8.63. The molecule has 170 valence electrons. The van der Waals surface area contributed by atoms with Crippen molar-refractivity contribution in [1.82, 2.24) is 4.90 Å². The lowest BCUT2D eigenvalue weighted by atomic mass is 10.1. The summed E-state index contributed by atoms with van der Waals surface area (Å²) >= 11 is 0. The number of likely N-dealkylation sites (tertiary alicyclic amines) is 1. The first-order valence-corrected chi connectivity index (χ1v) is 11.9. The Labute approximate surface area is 190 Å². The summed E-state index contributed by atoms with van der Waals surface area (Å²) in [5, 5.41) is 2.96. The molecule has 0 aromatic heterocycles. The van der Waals surface area contributed by atoms with Crippen LogP contribution in [0.1, 0.15) is 55.3 Å². The molecule has 0 radical (unpaired) electrons. The van der Waals surface area contributed by atoms with E-state index in [9.17, 15) is 9.59 Å². The van der Waals surface area contributed by atoms with Crippen LogP contribution in [0, 0.1) is 0 Å². The summed E-state index contributed by atoms with van der Waals surface area (Å²) in [7, 11) is 0. The Hall–Kier alpha value is -3.02. The van der Waals surface area contributed by atoms with E-state index in [2.05, 4.69) is 22.3 Å². The fourth-order valence-corrected chi connectivity index (χ4v) is 4.44. The van der Waals surface area contributed by atoms with Gasteiger partial charge < -0.3 is 19.9 Å². The van der Waals surface area contributed by atoms with Crippen molar-refractivity contribution < 1.29 is 14.3 Å². The number of benzene rings is 2. The number of hydrogen-bond donors (Lipinski definition) is 1. The molecular weight excluding hydrogens is 402 g/mol. The topological polar surface area (TPSA) is 61.9 Å². The fraction of sp³-hybridized carbons (Fsp3) is 0.462. The third kappa shape index (κ3) is 5.81. The first-order chi connectivity index (χ1) is 15.7. The van der Waals surface area contributed by atoms with Crippen molar-refractivity contribution in [1.29, 1.82) is 0 Å². The molecule has 6 nitrogen and oxygen atoms in total. The SMILES string of the molecule is O=C(Nc1ccc(N2CCCCC2)cc1)c1ccccc1OCC(=O)N1CCCCCC1. The maximum Gasteiger partial charge on any atom is 0.260 e. The number of carbonyl (C=O) groups is 2. The van der Waals surface area contributed by atoms with Gasteiger partial charge in [0.15, 0.2) is 6.61 Å². The molecule has 32 heavy (non-hydrogen) atoms. The van der Waals surface area contributed by atoms with Gasteiger partial charge in [0.25, 0.3) is 11.8 Å².